The minimum absolute atomic E-state index is 0.0623. The highest BCUT2D eigenvalue weighted by atomic mass is 31.2. The van der Waals surface area contributed by atoms with E-state index in [9.17, 15) is 19.0 Å². The average Bonchev–Trinajstić information content (AvgIpc) is 3.14. The number of carbonyl (C=O) groups excluding carboxylic acids is 2. The third-order valence-corrected chi connectivity index (χ3v) is 10.5. The molecule has 312 valence electrons. The summed E-state index contributed by atoms with van der Waals surface area (Å²) in [7, 11) is -4.45. The van der Waals surface area contributed by atoms with E-state index in [2.05, 4.69) is 38.2 Å². The number of unbranched alkanes of at least 4 members (excludes halogenated alkanes) is 22. The zero-order valence-electron chi connectivity index (χ0n) is 34.4. The van der Waals surface area contributed by atoms with Gasteiger partial charge < -0.3 is 20.1 Å². The predicted molar refractivity (Wildman–Crippen MR) is 220 cm³/mol. The van der Waals surface area contributed by atoms with Crippen molar-refractivity contribution < 1.29 is 37.6 Å². The topological polar surface area (TPSA) is 134 Å². The maximum atomic E-state index is 12.6. The molecule has 0 aliphatic rings. The third kappa shape index (κ3) is 37.2. The molecule has 0 heterocycles. The van der Waals surface area contributed by atoms with Gasteiger partial charge in [-0.05, 0) is 70.6 Å². The van der Waals surface area contributed by atoms with Crippen molar-refractivity contribution in [2.75, 3.05) is 19.8 Å². The summed E-state index contributed by atoms with van der Waals surface area (Å²) < 4.78 is 33.7. The summed E-state index contributed by atoms with van der Waals surface area (Å²) in [6.45, 7) is 5.65. The fraction of sp³-hybridized carbons (Fsp3) is 0.860. The number of hydrogen-bond donors (Lipinski definition) is 2. The molecule has 0 fully saturated rings. The summed E-state index contributed by atoms with van der Waals surface area (Å²) >= 11 is 0. The highest BCUT2D eigenvalue weighted by molar-refractivity contribution is 7.47. The second-order valence-electron chi connectivity index (χ2n) is 14.6. The lowest BCUT2D eigenvalue weighted by Crippen LogP contribution is -2.30. The van der Waals surface area contributed by atoms with E-state index < -0.39 is 38.6 Å². The molecular weight excluding hydrogens is 689 g/mol. The maximum Gasteiger partial charge on any atom is 0.472 e. The van der Waals surface area contributed by atoms with Gasteiger partial charge in [-0.2, -0.15) is 0 Å². The van der Waals surface area contributed by atoms with Crippen LogP contribution >= 0.6 is 7.82 Å². The van der Waals surface area contributed by atoms with Gasteiger partial charge in [-0.25, -0.2) is 4.57 Å². The first-order valence-corrected chi connectivity index (χ1v) is 23.3. The molecule has 0 saturated heterocycles. The highest BCUT2D eigenvalue weighted by Crippen LogP contribution is 2.45. The lowest BCUT2D eigenvalue weighted by molar-refractivity contribution is -0.161. The highest BCUT2D eigenvalue weighted by Gasteiger charge is 2.28. The SMILES string of the molecule is CCCCCCCC/C=C\CCCCCCCC(=O)OC[C@H](COP(=O)(O)OC(CC)CN)OC(=O)CCCCCCC/C=C\CCCCCCCC. The Kier molecular flexibility index (Phi) is 37.6. The van der Waals surface area contributed by atoms with Crippen molar-refractivity contribution in [3.8, 4) is 0 Å². The molecule has 0 rings (SSSR count). The predicted octanol–water partition coefficient (Wildman–Crippen LogP) is 12.4. The number of phosphoric acid groups is 1. The van der Waals surface area contributed by atoms with Crippen LogP contribution in [0, 0.1) is 0 Å². The molecule has 2 unspecified atom stereocenters. The van der Waals surface area contributed by atoms with Crippen molar-refractivity contribution in [1.29, 1.82) is 0 Å². The normalized spacial score (nSPS) is 14.1. The van der Waals surface area contributed by atoms with Crippen molar-refractivity contribution in [1.82, 2.24) is 0 Å². The first-order valence-electron chi connectivity index (χ1n) is 21.8. The van der Waals surface area contributed by atoms with Gasteiger partial charge in [0.15, 0.2) is 6.10 Å². The van der Waals surface area contributed by atoms with Crippen LogP contribution in [0.5, 0.6) is 0 Å². The van der Waals surface area contributed by atoms with Gasteiger partial charge in [0, 0.05) is 19.4 Å². The van der Waals surface area contributed by atoms with Crippen LogP contribution in [0.3, 0.4) is 0 Å². The molecule has 0 spiro atoms. The molecule has 0 aromatic rings. The molecule has 3 atom stereocenters. The molecule has 0 bridgehead atoms. The van der Waals surface area contributed by atoms with Gasteiger partial charge in [0.25, 0.3) is 0 Å². The van der Waals surface area contributed by atoms with Crippen LogP contribution in [-0.4, -0.2) is 48.8 Å². The molecule has 9 nitrogen and oxygen atoms in total. The minimum atomic E-state index is -4.45. The maximum absolute atomic E-state index is 12.6. The molecule has 10 heteroatoms. The van der Waals surface area contributed by atoms with Gasteiger partial charge in [0.05, 0.1) is 12.7 Å². The van der Waals surface area contributed by atoms with Gasteiger partial charge in [0.1, 0.15) is 6.61 Å². The van der Waals surface area contributed by atoms with Gasteiger partial charge in [0.2, 0.25) is 0 Å². The Morgan fingerprint density at radius 3 is 1.38 bits per heavy atom. The van der Waals surface area contributed by atoms with E-state index in [1.807, 2.05) is 0 Å². The number of hydrogen-bond acceptors (Lipinski definition) is 8. The monoisotopic (exact) mass is 772 g/mol. The first-order chi connectivity index (χ1) is 25.8. The van der Waals surface area contributed by atoms with E-state index in [1.165, 1.54) is 89.9 Å². The molecule has 0 aliphatic carbocycles. The van der Waals surface area contributed by atoms with E-state index in [-0.39, 0.29) is 26.0 Å². The summed E-state index contributed by atoms with van der Waals surface area (Å²) in [5.41, 5.74) is 5.59. The Morgan fingerprint density at radius 2 is 0.962 bits per heavy atom. The Labute approximate surface area is 325 Å². The van der Waals surface area contributed by atoms with Crippen molar-refractivity contribution >= 4 is 19.8 Å². The van der Waals surface area contributed by atoms with E-state index in [4.69, 9.17) is 24.3 Å². The summed E-state index contributed by atoms with van der Waals surface area (Å²) in [4.78, 5) is 35.3. The van der Waals surface area contributed by atoms with Crippen molar-refractivity contribution in [2.45, 2.75) is 219 Å². The van der Waals surface area contributed by atoms with E-state index >= 15 is 0 Å². The second-order valence-corrected chi connectivity index (χ2v) is 16.0. The van der Waals surface area contributed by atoms with Crippen molar-refractivity contribution in [2.24, 2.45) is 5.73 Å². The van der Waals surface area contributed by atoms with Gasteiger partial charge >= 0.3 is 19.8 Å². The smallest absolute Gasteiger partial charge is 0.462 e. The summed E-state index contributed by atoms with van der Waals surface area (Å²) in [5.74, 6) is -0.842. The van der Waals surface area contributed by atoms with E-state index in [0.29, 0.717) is 12.8 Å². The van der Waals surface area contributed by atoms with E-state index in [1.54, 1.807) is 6.92 Å². The molecule has 0 aromatic heterocycles. The summed E-state index contributed by atoms with van der Waals surface area (Å²) in [6, 6.07) is 0. The average molecular weight is 772 g/mol. The number of carbonyl (C=O) groups is 2. The Balaban J connectivity index is 4.35. The quantitative estimate of drug-likeness (QED) is 0.0270. The molecule has 0 amide bonds. The summed E-state index contributed by atoms with van der Waals surface area (Å²) in [5, 5.41) is 0. The largest absolute Gasteiger partial charge is 0.472 e. The Bertz CT molecular complexity index is 939. The number of rotatable bonds is 40. The number of allylic oxidation sites excluding steroid dienone is 4. The molecule has 53 heavy (non-hydrogen) atoms. The van der Waals surface area contributed by atoms with Gasteiger partial charge in [-0.1, -0.05) is 148 Å². The van der Waals surface area contributed by atoms with Gasteiger partial charge in [-0.15, -0.1) is 0 Å². The number of nitrogens with two attached hydrogens (primary N) is 1. The molecular formula is C43H82NO8P. The number of ether oxygens (including phenoxy) is 2. The fourth-order valence-electron chi connectivity index (χ4n) is 5.98. The zero-order chi connectivity index (χ0) is 39.1. The number of phosphoric ester groups is 1. The van der Waals surface area contributed by atoms with Crippen LogP contribution in [0.4, 0.5) is 0 Å². The Hall–Kier alpha value is -1.51. The lowest BCUT2D eigenvalue weighted by atomic mass is 10.1. The molecule has 0 aromatic carbocycles. The van der Waals surface area contributed by atoms with Gasteiger partial charge in [-0.3, -0.25) is 18.6 Å². The van der Waals surface area contributed by atoms with E-state index in [0.717, 1.165) is 70.6 Å². The standard InChI is InChI=1S/C43H82NO8P/c1-4-7-9-11-13-15-17-19-21-23-25-27-29-31-33-35-42(45)49-38-41(39-50-53(47,48)52-40(6-3)37-44)51-43(46)36-34-32-30-28-26-24-22-20-18-16-14-12-10-8-5-2/h19-22,40-41H,4-18,23-39,44H2,1-3H3,(H,47,48)/b21-19-,22-20-/t40?,41-/m1/s1. The summed E-state index contributed by atoms with van der Waals surface area (Å²) in [6.07, 6.45) is 38.9. The molecule has 0 aliphatic heterocycles. The van der Waals surface area contributed by atoms with Crippen LogP contribution in [0.15, 0.2) is 24.3 Å². The zero-order valence-corrected chi connectivity index (χ0v) is 35.3. The van der Waals surface area contributed by atoms with Crippen LogP contribution < -0.4 is 5.73 Å². The molecule has 0 saturated carbocycles. The number of esters is 2. The lowest BCUT2D eigenvalue weighted by Gasteiger charge is -2.22. The minimum Gasteiger partial charge on any atom is -0.462 e. The van der Waals surface area contributed by atoms with Crippen LogP contribution in [-0.2, 0) is 32.7 Å². The second kappa shape index (κ2) is 38.8. The Morgan fingerprint density at radius 1 is 0.566 bits per heavy atom. The van der Waals surface area contributed by atoms with Crippen LogP contribution in [0.2, 0.25) is 0 Å². The van der Waals surface area contributed by atoms with Crippen molar-refractivity contribution in [3.05, 3.63) is 24.3 Å². The van der Waals surface area contributed by atoms with Crippen LogP contribution in [0.1, 0.15) is 207 Å². The fourth-order valence-corrected chi connectivity index (χ4v) is 7.01. The first kappa shape index (κ1) is 51.5. The van der Waals surface area contributed by atoms with Crippen molar-refractivity contribution in [3.63, 3.8) is 0 Å². The van der Waals surface area contributed by atoms with Crippen LogP contribution in [0.25, 0.3) is 0 Å². The molecule has 3 N–H and O–H groups in total. The third-order valence-electron chi connectivity index (χ3n) is 9.44. The molecule has 0 radical (unpaired) electrons.